The lowest BCUT2D eigenvalue weighted by atomic mass is 9.78. The molecule has 2 aromatic rings. The normalized spacial score (nSPS) is 10.6. The van der Waals surface area contributed by atoms with Crippen LogP contribution in [0.2, 0.25) is 0 Å². The van der Waals surface area contributed by atoms with E-state index in [0.29, 0.717) is 26.1 Å². The van der Waals surface area contributed by atoms with E-state index in [0.717, 1.165) is 11.5 Å². The van der Waals surface area contributed by atoms with Gasteiger partial charge < -0.3 is 9.47 Å². The molecule has 0 bridgehead atoms. The monoisotopic (exact) mass is 334 g/mol. The Morgan fingerprint density at radius 2 is 1.08 bits per heavy atom. The number of nitrogens with zero attached hydrogens (tertiary/aromatic N) is 2. The van der Waals surface area contributed by atoms with Gasteiger partial charge in [0.1, 0.15) is 24.7 Å². The van der Waals surface area contributed by atoms with Crippen LogP contribution in [0.5, 0.6) is 11.5 Å². The third-order valence-corrected chi connectivity index (χ3v) is 4.12. The quantitative estimate of drug-likeness (QED) is 0.662. The van der Waals surface area contributed by atoms with Gasteiger partial charge in [-0.25, -0.2) is 0 Å². The van der Waals surface area contributed by atoms with Gasteiger partial charge in [-0.15, -0.1) is 0 Å². The van der Waals surface area contributed by atoms with Gasteiger partial charge in [-0.3, -0.25) is 0 Å². The molecule has 0 amide bonds. The van der Waals surface area contributed by atoms with E-state index in [1.807, 2.05) is 24.3 Å². The molecule has 0 aliphatic heterocycles. The highest BCUT2D eigenvalue weighted by Gasteiger charge is 2.23. The third-order valence-electron chi connectivity index (χ3n) is 4.12. The van der Waals surface area contributed by atoms with Crippen molar-refractivity contribution in [1.82, 2.24) is 0 Å². The Morgan fingerprint density at radius 1 is 0.720 bits per heavy atom. The molecule has 4 heteroatoms. The summed E-state index contributed by atoms with van der Waals surface area (Å²) in [5.74, 6) is 1.55. The minimum absolute atomic E-state index is 0.156. The summed E-state index contributed by atoms with van der Waals surface area (Å²) in [5.41, 5.74) is 2.20. The van der Waals surface area contributed by atoms with Crippen LogP contribution in [0.4, 0.5) is 0 Å². The number of rotatable bonds is 8. The van der Waals surface area contributed by atoms with Crippen molar-refractivity contribution in [2.24, 2.45) is 0 Å². The molecule has 0 fully saturated rings. The first-order valence-electron chi connectivity index (χ1n) is 8.28. The summed E-state index contributed by atoms with van der Waals surface area (Å²) in [6.45, 7) is 5.16. The van der Waals surface area contributed by atoms with Gasteiger partial charge >= 0.3 is 0 Å². The molecule has 0 aliphatic carbocycles. The minimum Gasteiger partial charge on any atom is -0.493 e. The van der Waals surface area contributed by atoms with E-state index < -0.39 is 0 Å². The highest BCUT2D eigenvalue weighted by Crippen LogP contribution is 2.33. The fraction of sp³-hybridized carbons (Fsp3) is 0.333. The second-order valence-corrected chi connectivity index (χ2v) is 6.19. The van der Waals surface area contributed by atoms with Crippen molar-refractivity contribution in [1.29, 1.82) is 10.5 Å². The third kappa shape index (κ3) is 4.99. The van der Waals surface area contributed by atoms with Gasteiger partial charge in [0.2, 0.25) is 0 Å². The van der Waals surface area contributed by atoms with E-state index in [9.17, 15) is 0 Å². The molecule has 0 atom stereocenters. The molecule has 4 nitrogen and oxygen atoms in total. The second kappa shape index (κ2) is 8.76. The molecule has 2 aromatic carbocycles. The van der Waals surface area contributed by atoms with Crippen LogP contribution in [0.3, 0.4) is 0 Å². The first kappa shape index (κ1) is 18.4. The van der Waals surface area contributed by atoms with Gasteiger partial charge in [0.05, 0.1) is 25.0 Å². The highest BCUT2D eigenvalue weighted by molar-refractivity contribution is 5.41. The molecule has 0 saturated heterocycles. The summed E-state index contributed by atoms with van der Waals surface area (Å²) in [7, 11) is 0. The zero-order chi connectivity index (χ0) is 18.1. The van der Waals surface area contributed by atoms with Crippen molar-refractivity contribution in [3.8, 4) is 23.6 Å². The molecule has 0 aromatic heterocycles. The average molecular weight is 334 g/mol. The van der Waals surface area contributed by atoms with Gasteiger partial charge in [-0.2, -0.15) is 10.5 Å². The van der Waals surface area contributed by atoms with Crippen molar-refractivity contribution >= 4 is 0 Å². The molecule has 2 rings (SSSR count). The number of hydrogen-bond acceptors (Lipinski definition) is 4. The number of hydrogen-bond donors (Lipinski definition) is 0. The van der Waals surface area contributed by atoms with Crippen LogP contribution >= 0.6 is 0 Å². The first-order chi connectivity index (χ1) is 12.1. The Hall–Kier alpha value is -2.98. The van der Waals surface area contributed by atoms with E-state index in [1.165, 1.54) is 11.1 Å². The second-order valence-electron chi connectivity index (χ2n) is 6.19. The molecule has 128 valence electrons. The van der Waals surface area contributed by atoms with Gasteiger partial charge in [0.25, 0.3) is 0 Å². The molecular weight excluding hydrogens is 312 g/mol. The molecule has 0 aliphatic rings. The lowest BCUT2D eigenvalue weighted by Gasteiger charge is -2.26. The summed E-state index contributed by atoms with van der Waals surface area (Å²) >= 11 is 0. The Kier molecular flexibility index (Phi) is 6.43. The van der Waals surface area contributed by atoms with Crippen LogP contribution < -0.4 is 9.47 Å². The molecule has 0 spiro atoms. The highest BCUT2D eigenvalue weighted by atomic mass is 16.5. The van der Waals surface area contributed by atoms with E-state index in [-0.39, 0.29) is 5.41 Å². The van der Waals surface area contributed by atoms with E-state index in [2.05, 4.69) is 50.3 Å². The van der Waals surface area contributed by atoms with Crippen molar-refractivity contribution in [3.63, 3.8) is 0 Å². The Balaban J connectivity index is 2.07. The standard InChI is InChI=1S/C21H22N2O2/c1-21(2,17-5-9-19(10-6-17)24-15-3-13-22)18-7-11-20(12-8-18)25-16-4-14-23/h5-12H,3-4,15-16H2,1-2H3. The Labute approximate surface area is 149 Å². The summed E-state index contributed by atoms with van der Waals surface area (Å²) in [6.07, 6.45) is 0.770. The van der Waals surface area contributed by atoms with Crippen molar-refractivity contribution in [3.05, 3.63) is 59.7 Å². The zero-order valence-electron chi connectivity index (χ0n) is 14.7. The lowest BCUT2D eigenvalue weighted by molar-refractivity contribution is 0.326. The van der Waals surface area contributed by atoms with Crippen molar-refractivity contribution < 1.29 is 9.47 Å². The topological polar surface area (TPSA) is 66.0 Å². The first-order valence-corrected chi connectivity index (χ1v) is 8.28. The summed E-state index contributed by atoms with van der Waals surface area (Å²) in [4.78, 5) is 0. The molecule has 0 saturated carbocycles. The van der Waals surface area contributed by atoms with Crippen molar-refractivity contribution in [2.45, 2.75) is 32.1 Å². The van der Waals surface area contributed by atoms with E-state index in [1.54, 1.807) is 0 Å². The number of nitriles is 2. The fourth-order valence-corrected chi connectivity index (χ4v) is 2.53. The van der Waals surface area contributed by atoms with Crippen LogP contribution in [-0.4, -0.2) is 13.2 Å². The van der Waals surface area contributed by atoms with E-state index >= 15 is 0 Å². The largest absolute Gasteiger partial charge is 0.493 e. The van der Waals surface area contributed by atoms with Crippen molar-refractivity contribution in [2.75, 3.05) is 13.2 Å². The molecule has 0 radical (unpaired) electrons. The van der Waals surface area contributed by atoms with Crippen LogP contribution in [0.15, 0.2) is 48.5 Å². The van der Waals surface area contributed by atoms with Gasteiger partial charge in [-0.05, 0) is 35.4 Å². The maximum Gasteiger partial charge on any atom is 0.119 e. The van der Waals surface area contributed by atoms with Crippen LogP contribution in [0, 0.1) is 22.7 Å². The zero-order valence-corrected chi connectivity index (χ0v) is 14.7. The Bertz CT molecular complexity index is 685. The summed E-state index contributed by atoms with van der Waals surface area (Å²) in [6, 6.07) is 20.1. The molecular formula is C21H22N2O2. The predicted octanol–water partition coefficient (Wildman–Crippen LogP) is 4.60. The van der Waals surface area contributed by atoms with Gasteiger partial charge in [0, 0.05) is 5.41 Å². The maximum absolute atomic E-state index is 8.55. The SMILES string of the molecule is CC(C)(c1ccc(OCCC#N)cc1)c1ccc(OCCC#N)cc1. The van der Waals surface area contributed by atoms with Gasteiger partial charge in [-0.1, -0.05) is 38.1 Å². The van der Waals surface area contributed by atoms with Gasteiger partial charge in [0.15, 0.2) is 0 Å². The molecule has 0 unspecified atom stereocenters. The predicted molar refractivity (Wildman–Crippen MR) is 96.5 cm³/mol. The number of ether oxygens (including phenoxy) is 2. The molecule has 0 heterocycles. The number of benzene rings is 2. The minimum atomic E-state index is -0.156. The fourth-order valence-electron chi connectivity index (χ4n) is 2.53. The van der Waals surface area contributed by atoms with Crippen LogP contribution in [-0.2, 0) is 5.41 Å². The van der Waals surface area contributed by atoms with Crippen LogP contribution in [0.1, 0.15) is 37.8 Å². The summed E-state index contributed by atoms with van der Waals surface area (Å²) in [5, 5.41) is 17.1. The average Bonchev–Trinajstić information content (AvgIpc) is 2.63. The molecule has 0 N–H and O–H groups in total. The van der Waals surface area contributed by atoms with E-state index in [4.69, 9.17) is 20.0 Å². The lowest BCUT2D eigenvalue weighted by Crippen LogP contribution is -2.18. The summed E-state index contributed by atoms with van der Waals surface area (Å²) < 4.78 is 11.0. The van der Waals surface area contributed by atoms with Crippen LogP contribution in [0.25, 0.3) is 0 Å². The molecule has 25 heavy (non-hydrogen) atoms. The smallest absolute Gasteiger partial charge is 0.119 e. The maximum atomic E-state index is 8.55. The Morgan fingerprint density at radius 3 is 1.40 bits per heavy atom.